The van der Waals surface area contributed by atoms with Crippen LogP contribution < -0.4 is 5.32 Å². The first-order valence-electron chi connectivity index (χ1n) is 8.21. The first-order chi connectivity index (χ1) is 12.5. The second-order valence-corrected chi connectivity index (χ2v) is 6.02. The molecule has 0 spiro atoms. The maximum absolute atomic E-state index is 12.9. The summed E-state index contributed by atoms with van der Waals surface area (Å²) in [6.07, 6.45) is 1.59. The van der Waals surface area contributed by atoms with Crippen molar-refractivity contribution in [3.63, 3.8) is 0 Å². The van der Waals surface area contributed by atoms with Gasteiger partial charge in [-0.05, 0) is 37.1 Å². The van der Waals surface area contributed by atoms with Gasteiger partial charge in [-0.15, -0.1) is 0 Å². The van der Waals surface area contributed by atoms with Crippen LogP contribution in [0.5, 0.6) is 0 Å². The molecule has 0 saturated heterocycles. The van der Waals surface area contributed by atoms with E-state index in [-0.39, 0.29) is 5.56 Å². The maximum atomic E-state index is 12.9. The molecule has 26 heavy (non-hydrogen) atoms. The zero-order valence-electron chi connectivity index (χ0n) is 14.6. The Morgan fingerprint density at radius 3 is 2.50 bits per heavy atom. The van der Waals surface area contributed by atoms with Gasteiger partial charge in [0.05, 0.1) is 11.8 Å². The van der Waals surface area contributed by atoms with Gasteiger partial charge < -0.3 is 14.5 Å². The average Bonchev–Trinajstić information content (AvgIpc) is 3.18. The number of esters is 1. The zero-order valence-corrected chi connectivity index (χ0v) is 14.6. The van der Waals surface area contributed by atoms with E-state index >= 15 is 0 Å². The summed E-state index contributed by atoms with van der Waals surface area (Å²) in [5.41, 5.74) is 3.49. The van der Waals surface area contributed by atoms with Crippen molar-refractivity contribution in [3.8, 4) is 0 Å². The molecular formula is C21H19NO4. The lowest BCUT2D eigenvalue weighted by atomic mass is 10.1. The molecule has 0 aliphatic rings. The van der Waals surface area contributed by atoms with E-state index in [9.17, 15) is 9.59 Å². The summed E-state index contributed by atoms with van der Waals surface area (Å²) < 4.78 is 10.4. The Kier molecular flexibility index (Phi) is 5.17. The maximum Gasteiger partial charge on any atom is 0.342 e. The number of hydrogen-bond acceptors (Lipinski definition) is 4. The summed E-state index contributed by atoms with van der Waals surface area (Å²) in [4.78, 5) is 25.2. The van der Waals surface area contributed by atoms with E-state index in [1.165, 1.54) is 18.6 Å². The van der Waals surface area contributed by atoms with Crippen LogP contribution in [0.4, 0.5) is 5.69 Å². The molecule has 0 fully saturated rings. The molecule has 1 amide bonds. The lowest BCUT2D eigenvalue weighted by Gasteiger charge is -2.18. The van der Waals surface area contributed by atoms with Gasteiger partial charge in [-0.1, -0.05) is 42.5 Å². The molecular weight excluding hydrogens is 330 g/mol. The van der Waals surface area contributed by atoms with Gasteiger partial charge in [0.25, 0.3) is 5.91 Å². The van der Waals surface area contributed by atoms with Gasteiger partial charge in [-0.2, -0.15) is 0 Å². The fraction of sp³-hybridized carbons (Fsp3) is 0.143. The molecule has 5 heteroatoms. The number of carbonyl (C=O) groups is 2. The number of benzene rings is 2. The summed E-state index contributed by atoms with van der Waals surface area (Å²) in [7, 11) is 0. The number of amides is 1. The number of carbonyl (C=O) groups excluding carboxylic acids is 2. The van der Waals surface area contributed by atoms with Crippen LogP contribution in [-0.2, 0) is 9.53 Å². The van der Waals surface area contributed by atoms with Gasteiger partial charge in [0.1, 0.15) is 6.26 Å². The van der Waals surface area contributed by atoms with Crippen molar-refractivity contribution in [3.05, 3.63) is 89.4 Å². The SMILES string of the molecule is Cc1ccc(C)c(NC(=O)C(OC(=O)c2ccoc2)c2ccccc2)c1. The van der Waals surface area contributed by atoms with E-state index in [1.807, 2.05) is 38.1 Å². The summed E-state index contributed by atoms with van der Waals surface area (Å²) in [6, 6.07) is 16.2. The van der Waals surface area contributed by atoms with E-state index in [2.05, 4.69) is 5.32 Å². The Morgan fingerprint density at radius 2 is 1.81 bits per heavy atom. The monoisotopic (exact) mass is 349 g/mol. The smallest absolute Gasteiger partial charge is 0.342 e. The number of ether oxygens (including phenoxy) is 1. The number of hydrogen-bond donors (Lipinski definition) is 1. The fourth-order valence-corrected chi connectivity index (χ4v) is 2.53. The lowest BCUT2D eigenvalue weighted by molar-refractivity contribution is -0.125. The van der Waals surface area contributed by atoms with Gasteiger partial charge in [0, 0.05) is 11.3 Å². The minimum absolute atomic E-state index is 0.255. The molecule has 1 aromatic heterocycles. The van der Waals surface area contributed by atoms with Crippen LogP contribution >= 0.6 is 0 Å². The second kappa shape index (κ2) is 7.70. The Bertz CT molecular complexity index is 901. The van der Waals surface area contributed by atoms with Crippen molar-refractivity contribution < 1.29 is 18.7 Å². The van der Waals surface area contributed by atoms with Crippen LogP contribution in [0.3, 0.4) is 0 Å². The highest BCUT2D eigenvalue weighted by atomic mass is 16.5. The normalized spacial score (nSPS) is 11.6. The number of rotatable bonds is 5. The molecule has 0 radical (unpaired) electrons. The average molecular weight is 349 g/mol. The van der Waals surface area contributed by atoms with Crippen molar-refractivity contribution in [2.24, 2.45) is 0 Å². The molecule has 1 unspecified atom stereocenters. The third kappa shape index (κ3) is 4.00. The van der Waals surface area contributed by atoms with Crippen LogP contribution in [0.25, 0.3) is 0 Å². The van der Waals surface area contributed by atoms with Crippen molar-refractivity contribution in [2.45, 2.75) is 20.0 Å². The van der Waals surface area contributed by atoms with Gasteiger partial charge in [-0.3, -0.25) is 4.79 Å². The zero-order chi connectivity index (χ0) is 18.5. The highest BCUT2D eigenvalue weighted by molar-refractivity contribution is 5.98. The topological polar surface area (TPSA) is 68.5 Å². The van der Waals surface area contributed by atoms with Crippen molar-refractivity contribution >= 4 is 17.6 Å². The molecule has 132 valence electrons. The summed E-state index contributed by atoms with van der Waals surface area (Å²) in [6.45, 7) is 3.85. The molecule has 0 saturated carbocycles. The van der Waals surface area contributed by atoms with Gasteiger partial charge >= 0.3 is 5.97 Å². The molecule has 0 aliphatic carbocycles. The van der Waals surface area contributed by atoms with Gasteiger partial charge in [-0.25, -0.2) is 4.79 Å². The number of aryl methyl sites for hydroxylation is 2. The fourth-order valence-electron chi connectivity index (χ4n) is 2.53. The first-order valence-corrected chi connectivity index (χ1v) is 8.21. The van der Waals surface area contributed by atoms with Crippen molar-refractivity contribution in [1.29, 1.82) is 0 Å². The van der Waals surface area contributed by atoms with Gasteiger partial charge in [0.2, 0.25) is 6.10 Å². The van der Waals surface area contributed by atoms with E-state index in [0.717, 1.165) is 11.1 Å². The number of furan rings is 1. The van der Waals surface area contributed by atoms with Crippen LogP contribution in [0.1, 0.15) is 33.2 Å². The molecule has 0 bridgehead atoms. The molecule has 2 aromatic carbocycles. The molecule has 1 heterocycles. The molecule has 1 N–H and O–H groups in total. The number of nitrogens with one attached hydrogen (secondary N) is 1. The molecule has 3 rings (SSSR count). The third-order valence-electron chi connectivity index (χ3n) is 3.97. The van der Waals surface area contributed by atoms with E-state index in [4.69, 9.17) is 9.15 Å². The standard InChI is InChI=1S/C21H19NO4/c1-14-8-9-15(2)18(12-14)22-20(23)19(16-6-4-3-5-7-16)26-21(24)17-10-11-25-13-17/h3-13,19H,1-2H3,(H,22,23). The molecule has 3 aromatic rings. The quantitative estimate of drug-likeness (QED) is 0.692. The predicted molar refractivity (Wildman–Crippen MR) is 97.9 cm³/mol. The Balaban J connectivity index is 1.86. The highest BCUT2D eigenvalue weighted by Crippen LogP contribution is 2.23. The van der Waals surface area contributed by atoms with Crippen molar-refractivity contribution in [1.82, 2.24) is 0 Å². The Hall–Kier alpha value is -3.34. The summed E-state index contributed by atoms with van der Waals surface area (Å²) in [5.74, 6) is -1.04. The van der Waals surface area contributed by atoms with E-state index in [1.54, 1.807) is 24.3 Å². The summed E-state index contributed by atoms with van der Waals surface area (Å²) >= 11 is 0. The van der Waals surface area contributed by atoms with E-state index in [0.29, 0.717) is 11.3 Å². The molecule has 0 aliphatic heterocycles. The summed E-state index contributed by atoms with van der Waals surface area (Å²) in [5, 5.41) is 2.86. The van der Waals surface area contributed by atoms with Gasteiger partial charge in [0.15, 0.2) is 0 Å². The lowest BCUT2D eigenvalue weighted by Crippen LogP contribution is -2.26. The van der Waals surface area contributed by atoms with E-state index < -0.39 is 18.0 Å². The van der Waals surface area contributed by atoms with Crippen LogP contribution in [0.15, 0.2) is 71.5 Å². The largest absolute Gasteiger partial charge is 0.472 e. The van der Waals surface area contributed by atoms with Crippen LogP contribution in [0, 0.1) is 13.8 Å². The van der Waals surface area contributed by atoms with Crippen LogP contribution in [-0.4, -0.2) is 11.9 Å². The first kappa shape index (κ1) is 17.5. The molecule has 1 atom stereocenters. The molecule has 5 nitrogen and oxygen atoms in total. The predicted octanol–water partition coefficient (Wildman–Crippen LogP) is 4.43. The van der Waals surface area contributed by atoms with Crippen molar-refractivity contribution in [2.75, 3.05) is 5.32 Å². The number of anilines is 1. The van der Waals surface area contributed by atoms with Crippen LogP contribution in [0.2, 0.25) is 0 Å². The second-order valence-electron chi connectivity index (χ2n) is 6.02. The Labute approximate surface area is 151 Å². The Morgan fingerprint density at radius 1 is 1.04 bits per heavy atom. The minimum atomic E-state index is -1.07. The minimum Gasteiger partial charge on any atom is -0.472 e. The third-order valence-corrected chi connectivity index (χ3v) is 3.97. The highest BCUT2D eigenvalue weighted by Gasteiger charge is 2.26.